The maximum atomic E-state index is 12.6. The van der Waals surface area contributed by atoms with Crippen LogP contribution in [0.2, 0.25) is 0 Å². The Morgan fingerprint density at radius 1 is 1.25 bits per heavy atom. The molecule has 1 heterocycles. The summed E-state index contributed by atoms with van der Waals surface area (Å²) >= 11 is 0. The zero-order chi connectivity index (χ0) is 14.4. The van der Waals surface area contributed by atoms with Gasteiger partial charge in [-0.3, -0.25) is 9.69 Å². The summed E-state index contributed by atoms with van der Waals surface area (Å²) < 4.78 is 0. The molecule has 20 heavy (non-hydrogen) atoms. The van der Waals surface area contributed by atoms with Crippen molar-refractivity contribution in [3.63, 3.8) is 0 Å². The van der Waals surface area contributed by atoms with E-state index < -0.39 is 0 Å². The Morgan fingerprint density at radius 3 is 2.65 bits per heavy atom. The van der Waals surface area contributed by atoms with Crippen LogP contribution < -0.4 is 4.90 Å². The Morgan fingerprint density at radius 2 is 2.00 bits per heavy atom. The molecule has 0 radical (unpaired) electrons. The van der Waals surface area contributed by atoms with E-state index in [1.165, 1.54) is 19.3 Å². The van der Waals surface area contributed by atoms with Crippen molar-refractivity contribution in [1.29, 1.82) is 0 Å². The molecule has 1 unspecified atom stereocenters. The highest BCUT2D eigenvalue weighted by Crippen LogP contribution is 2.20. The van der Waals surface area contributed by atoms with Crippen LogP contribution in [0.25, 0.3) is 0 Å². The first-order valence-electron chi connectivity index (χ1n) is 7.85. The fourth-order valence-corrected chi connectivity index (χ4v) is 3.10. The van der Waals surface area contributed by atoms with Gasteiger partial charge in [0.2, 0.25) is 5.91 Å². The molecule has 1 aromatic carbocycles. The third-order valence-corrected chi connectivity index (χ3v) is 4.24. The molecule has 0 aliphatic carbocycles. The lowest BCUT2D eigenvalue weighted by molar-refractivity contribution is -0.120. The van der Waals surface area contributed by atoms with E-state index >= 15 is 0 Å². The minimum absolute atomic E-state index is 0.221. The largest absolute Gasteiger partial charge is 0.312 e. The van der Waals surface area contributed by atoms with Crippen molar-refractivity contribution in [2.45, 2.75) is 45.6 Å². The molecule has 0 saturated carbocycles. The highest BCUT2D eigenvalue weighted by molar-refractivity contribution is 5.94. The molecule has 0 spiro atoms. The van der Waals surface area contributed by atoms with Crippen molar-refractivity contribution in [2.75, 3.05) is 24.5 Å². The van der Waals surface area contributed by atoms with Gasteiger partial charge in [-0.2, -0.15) is 0 Å². The summed E-state index contributed by atoms with van der Waals surface area (Å²) in [6, 6.07) is 10.6. The molecular formula is C17H26N2O. The predicted octanol–water partition coefficient (Wildman–Crippen LogP) is 3.30. The van der Waals surface area contributed by atoms with Crippen LogP contribution in [0.3, 0.4) is 0 Å². The highest BCUT2D eigenvalue weighted by Gasteiger charge is 2.24. The minimum atomic E-state index is 0.221. The number of benzene rings is 1. The topological polar surface area (TPSA) is 23.6 Å². The molecule has 0 aromatic heterocycles. The number of hydrogen-bond acceptors (Lipinski definition) is 2. The zero-order valence-electron chi connectivity index (χ0n) is 12.7. The van der Waals surface area contributed by atoms with Gasteiger partial charge in [0.1, 0.15) is 0 Å². The molecule has 1 saturated heterocycles. The second-order valence-corrected chi connectivity index (χ2v) is 5.50. The smallest absolute Gasteiger partial charge is 0.241 e. The summed E-state index contributed by atoms with van der Waals surface area (Å²) in [6.07, 6.45) is 4.91. The number of para-hydroxylation sites is 1. The van der Waals surface area contributed by atoms with Crippen LogP contribution >= 0.6 is 0 Å². The van der Waals surface area contributed by atoms with E-state index in [0.29, 0.717) is 12.6 Å². The first-order valence-corrected chi connectivity index (χ1v) is 7.85. The Kier molecular flexibility index (Phi) is 5.60. The number of carbonyl (C=O) groups excluding carboxylic acids is 1. The number of likely N-dealkylation sites (tertiary alicyclic amines) is 1. The van der Waals surface area contributed by atoms with Gasteiger partial charge in [0.25, 0.3) is 0 Å². The molecule has 1 amide bonds. The van der Waals surface area contributed by atoms with Gasteiger partial charge < -0.3 is 4.90 Å². The lowest BCUT2D eigenvalue weighted by atomic mass is 10.00. The molecule has 2 rings (SSSR count). The Labute approximate surface area is 122 Å². The van der Waals surface area contributed by atoms with Crippen molar-refractivity contribution in [3.05, 3.63) is 30.3 Å². The van der Waals surface area contributed by atoms with Gasteiger partial charge in [-0.15, -0.1) is 0 Å². The molecule has 3 nitrogen and oxygen atoms in total. The van der Waals surface area contributed by atoms with Crippen LogP contribution in [0, 0.1) is 0 Å². The van der Waals surface area contributed by atoms with E-state index in [-0.39, 0.29) is 5.91 Å². The van der Waals surface area contributed by atoms with Gasteiger partial charge in [-0.05, 0) is 44.9 Å². The molecule has 110 valence electrons. The molecule has 1 atom stereocenters. The SMILES string of the molecule is CCC1CCCCN1CC(=O)N(CC)c1ccccc1. The number of rotatable bonds is 5. The zero-order valence-corrected chi connectivity index (χ0v) is 12.7. The maximum absolute atomic E-state index is 12.6. The average Bonchev–Trinajstić information content (AvgIpc) is 2.49. The summed E-state index contributed by atoms with van der Waals surface area (Å²) in [7, 11) is 0. The molecule has 0 N–H and O–H groups in total. The second-order valence-electron chi connectivity index (χ2n) is 5.50. The van der Waals surface area contributed by atoms with Crippen LogP contribution in [-0.2, 0) is 4.79 Å². The molecule has 1 aliphatic heterocycles. The van der Waals surface area contributed by atoms with Gasteiger partial charge in [-0.1, -0.05) is 31.5 Å². The van der Waals surface area contributed by atoms with Crippen LogP contribution in [0.4, 0.5) is 5.69 Å². The number of piperidine rings is 1. The molecule has 1 aliphatic rings. The van der Waals surface area contributed by atoms with E-state index in [4.69, 9.17) is 0 Å². The van der Waals surface area contributed by atoms with Crippen LogP contribution in [0.5, 0.6) is 0 Å². The molecule has 1 fully saturated rings. The summed E-state index contributed by atoms with van der Waals surface area (Å²) in [5.74, 6) is 0.221. The van der Waals surface area contributed by atoms with Crippen molar-refractivity contribution < 1.29 is 4.79 Å². The maximum Gasteiger partial charge on any atom is 0.241 e. The number of likely N-dealkylation sites (N-methyl/N-ethyl adjacent to an activating group) is 1. The Balaban J connectivity index is 2.02. The highest BCUT2D eigenvalue weighted by atomic mass is 16.2. The third-order valence-electron chi connectivity index (χ3n) is 4.24. The summed E-state index contributed by atoms with van der Waals surface area (Å²) in [6.45, 7) is 6.62. The molecule has 1 aromatic rings. The summed E-state index contributed by atoms with van der Waals surface area (Å²) in [5, 5.41) is 0. The normalized spacial score (nSPS) is 19.8. The van der Waals surface area contributed by atoms with Gasteiger partial charge >= 0.3 is 0 Å². The predicted molar refractivity (Wildman–Crippen MR) is 84.0 cm³/mol. The fraction of sp³-hybridized carbons (Fsp3) is 0.588. The first kappa shape index (κ1) is 15.0. The van der Waals surface area contributed by atoms with Crippen molar-refractivity contribution in [1.82, 2.24) is 4.90 Å². The lowest BCUT2D eigenvalue weighted by Gasteiger charge is -2.36. The van der Waals surface area contributed by atoms with Crippen molar-refractivity contribution >= 4 is 11.6 Å². The minimum Gasteiger partial charge on any atom is -0.312 e. The molecule has 3 heteroatoms. The quantitative estimate of drug-likeness (QED) is 0.822. The third kappa shape index (κ3) is 3.60. The molecular weight excluding hydrogens is 248 g/mol. The van der Waals surface area contributed by atoms with Crippen molar-refractivity contribution in [2.24, 2.45) is 0 Å². The number of nitrogens with zero attached hydrogens (tertiary/aromatic N) is 2. The monoisotopic (exact) mass is 274 g/mol. The number of carbonyl (C=O) groups is 1. The Bertz CT molecular complexity index is 418. The average molecular weight is 274 g/mol. The van der Waals surface area contributed by atoms with Crippen LogP contribution in [0.1, 0.15) is 39.5 Å². The fourth-order valence-electron chi connectivity index (χ4n) is 3.10. The number of hydrogen-bond donors (Lipinski definition) is 0. The van der Waals surface area contributed by atoms with Crippen LogP contribution in [-0.4, -0.2) is 36.5 Å². The molecule has 0 bridgehead atoms. The van der Waals surface area contributed by atoms with Crippen molar-refractivity contribution in [3.8, 4) is 0 Å². The lowest BCUT2D eigenvalue weighted by Crippen LogP contribution is -2.46. The summed E-state index contributed by atoms with van der Waals surface area (Å²) in [4.78, 5) is 16.9. The first-order chi connectivity index (χ1) is 9.76. The van der Waals surface area contributed by atoms with E-state index in [0.717, 1.165) is 25.2 Å². The van der Waals surface area contributed by atoms with Gasteiger partial charge in [-0.25, -0.2) is 0 Å². The van der Waals surface area contributed by atoms with Gasteiger partial charge in [0, 0.05) is 18.3 Å². The van der Waals surface area contributed by atoms with Crippen LogP contribution in [0.15, 0.2) is 30.3 Å². The number of amides is 1. The van der Waals surface area contributed by atoms with E-state index in [1.807, 2.05) is 42.2 Å². The van der Waals surface area contributed by atoms with E-state index in [9.17, 15) is 4.79 Å². The second kappa shape index (κ2) is 7.44. The van der Waals surface area contributed by atoms with E-state index in [2.05, 4.69) is 11.8 Å². The van der Waals surface area contributed by atoms with Gasteiger partial charge in [0.15, 0.2) is 0 Å². The van der Waals surface area contributed by atoms with Gasteiger partial charge in [0.05, 0.1) is 6.54 Å². The summed E-state index contributed by atoms with van der Waals surface area (Å²) in [5.41, 5.74) is 1.00. The number of anilines is 1. The Hall–Kier alpha value is -1.35. The van der Waals surface area contributed by atoms with E-state index in [1.54, 1.807) is 0 Å². The standard InChI is InChI=1S/C17H26N2O/c1-3-15-10-8-9-13-18(15)14-17(20)19(4-2)16-11-6-5-7-12-16/h5-7,11-12,15H,3-4,8-10,13-14H2,1-2H3.